The highest BCUT2D eigenvalue weighted by Gasteiger charge is 2.41. The molecule has 1 N–H and O–H groups in total. The molecular weight excluding hydrogens is 132 g/mol. The van der Waals surface area contributed by atoms with Gasteiger partial charge in [-0.25, -0.2) is 0 Å². The van der Waals surface area contributed by atoms with Gasteiger partial charge in [0.15, 0.2) is 0 Å². The number of aliphatic hydroxyl groups is 1. The third kappa shape index (κ3) is 0.736. The van der Waals surface area contributed by atoms with Gasteiger partial charge in [-0.3, -0.25) is 4.79 Å². The van der Waals surface area contributed by atoms with Gasteiger partial charge in [0.2, 0.25) is 0 Å². The summed E-state index contributed by atoms with van der Waals surface area (Å²) in [6, 6.07) is 0. The Labute approximate surface area is 59.0 Å². The van der Waals surface area contributed by atoms with E-state index in [2.05, 4.69) is 0 Å². The molecule has 1 saturated carbocycles. The zero-order valence-electron chi connectivity index (χ0n) is 5.62. The number of rotatable bonds is 0. The Morgan fingerprint density at radius 2 is 2.30 bits per heavy atom. The van der Waals surface area contributed by atoms with Crippen LogP contribution in [0.2, 0.25) is 0 Å². The van der Waals surface area contributed by atoms with Gasteiger partial charge in [0.05, 0.1) is 12.0 Å². The Balaban J connectivity index is 2.16. The fraction of sp³-hybridized carbons (Fsp3) is 0.857. The molecule has 3 aliphatic rings. The molecule has 2 heterocycles. The molecule has 3 atom stereocenters. The molecule has 1 unspecified atom stereocenters. The second kappa shape index (κ2) is 1.95. The average Bonchev–Trinajstić information content (AvgIpc) is 1.91. The molecule has 2 aliphatic heterocycles. The topological polar surface area (TPSA) is 46.5 Å². The Morgan fingerprint density at radius 1 is 1.50 bits per heavy atom. The molecule has 10 heavy (non-hydrogen) atoms. The van der Waals surface area contributed by atoms with Crippen molar-refractivity contribution in [1.82, 2.24) is 0 Å². The Hall–Kier alpha value is -0.570. The van der Waals surface area contributed by atoms with E-state index in [1.54, 1.807) is 0 Å². The molecule has 0 radical (unpaired) electrons. The maximum absolute atomic E-state index is 10.9. The van der Waals surface area contributed by atoms with Crippen LogP contribution in [0.1, 0.15) is 19.3 Å². The predicted octanol–water partition coefficient (Wildman–Crippen LogP) is 0.0728. The van der Waals surface area contributed by atoms with Crippen LogP contribution in [-0.4, -0.2) is 23.3 Å². The molecule has 2 bridgehead atoms. The van der Waals surface area contributed by atoms with Crippen molar-refractivity contribution >= 4 is 5.97 Å². The number of aliphatic hydroxyl groups excluding tert-OH is 1. The van der Waals surface area contributed by atoms with Crippen LogP contribution in [0.3, 0.4) is 0 Å². The van der Waals surface area contributed by atoms with Crippen molar-refractivity contribution < 1.29 is 14.6 Å². The Bertz CT molecular complexity index is 166. The zero-order chi connectivity index (χ0) is 7.14. The third-order valence-electron chi connectivity index (χ3n) is 2.36. The first kappa shape index (κ1) is 6.16. The van der Waals surface area contributed by atoms with E-state index in [-0.39, 0.29) is 18.0 Å². The summed E-state index contributed by atoms with van der Waals surface area (Å²) in [4.78, 5) is 10.9. The van der Waals surface area contributed by atoms with Crippen LogP contribution in [0, 0.1) is 5.92 Å². The number of hydrogen-bond acceptors (Lipinski definition) is 3. The van der Waals surface area contributed by atoms with Crippen molar-refractivity contribution in [2.45, 2.75) is 31.5 Å². The van der Waals surface area contributed by atoms with Gasteiger partial charge in [0.25, 0.3) is 0 Å². The molecule has 3 fully saturated rings. The minimum atomic E-state index is -0.392. The maximum Gasteiger partial charge on any atom is 0.309 e. The van der Waals surface area contributed by atoms with Crippen molar-refractivity contribution in [3.8, 4) is 0 Å². The molecule has 0 aromatic carbocycles. The van der Waals surface area contributed by atoms with E-state index < -0.39 is 6.10 Å². The molecule has 3 heteroatoms. The van der Waals surface area contributed by atoms with Gasteiger partial charge in [-0.2, -0.15) is 0 Å². The van der Waals surface area contributed by atoms with Gasteiger partial charge in [0.1, 0.15) is 6.10 Å². The van der Waals surface area contributed by atoms with Crippen LogP contribution in [-0.2, 0) is 9.53 Å². The van der Waals surface area contributed by atoms with Crippen molar-refractivity contribution in [2.75, 3.05) is 0 Å². The second-order valence-corrected chi connectivity index (χ2v) is 3.05. The van der Waals surface area contributed by atoms with E-state index in [4.69, 9.17) is 4.74 Å². The summed E-state index contributed by atoms with van der Waals surface area (Å²) in [5, 5.41) is 9.24. The van der Waals surface area contributed by atoms with Crippen molar-refractivity contribution in [1.29, 1.82) is 0 Å². The van der Waals surface area contributed by atoms with Crippen molar-refractivity contribution in [2.24, 2.45) is 5.92 Å². The largest absolute Gasteiger partial charge is 0.459 e. The minimum Gasteiger partial charge on any atom is -0.459 e. The summed E-state index contributed by atoms with van der Waals surface area (Å²) in [5.74, 6) is -0.124. The van der Waals surface area contributed by atoms with E-state index >= 15 is 0 Å². The molecule has 1 aliphatic carbocycles. The number of hydrogen-bond donors (Lipinski definition) is 1. The first-order valence-corrected chi connectivity index (χ1v) is 3.66. The van der Waals surface area contributed by atoms with E-state index in [1.165, 1.54) is 0 Å². The Kier molecular flexibility index (Phi) is 1.20. The molecule has 0 amide bonds. The standard InChI is InChI=1S/C7H10O3/c8-5-3-4-1-2-6(5)10-7(4)9/h4-6,8H,1-3H2/t4?,5-,6-/m0/s1. The van der Waals surface area contributed by atoms with Crippen molar-refractivity contribution in [3.05, 3.63) is 0 Å². The second-order valence-electron chi connectivity index (χ2n) is 3.05. The first-order valence-electron chi connectivity index (χ1n) is 3.66. The van der Waals surface area contributed by atoms with Crippen LogP contribution < -0.4 is 0 Å². The van der Waals surface area contributed by atoms with Gasteiger partial charge < -0.3 is 9.84 Å². The van der Waals surface area contributed by atoms with E-state index in [9.17, 15) is 9.90 Å². The molecule has 0 aromatic rings. The Morgan fingerprint density at radius 3 is 2.60 bits per heavy atom. The number of carbonyl (C=O) groups excluding carboxylic acids is 1. The first-order chi connectivity index (χ1) is 4.77. The van der Waals surface area contributed by atoms with Crippen LogP contribution in [0.4, 0.5) is 0 Å². The summed E-state index contributed by atoms with van der Waals surface area (Å²) in [7, 11) is 0. The minimum absolute atomic E-state index is 0.0139. The fourth-order valence-corrected chi connectivity index (χ4v) is 1.72. The monoisotopic (exact) mass is 142 g/mol. The quantitative estimate of drug-likeness (QED) is 0.487. The molecule has 0 spiro atoms. The lowest BCUT2D eigenvalue weighted by molar-refractivity contribution is -0.183. The van der Waals surface area contributed by atoms with Crippen LogP contribution in [0.5, 0.6) is 0 Å². The van der Waals surface area contributed by atoms with Crippen LogP contribution in [0.25, 0.3) is 0 Å². The van der Waals surface area contributed by atoms with Gasteiger partial charge in [-0.1, -0.05) is 0 Å². The molecule has 3 nitrogen and oxygen atoms in total. The third-order valence-corrected chi connectivity index (χ3v) is 2.36. The fourth-order valence-electron chi connectivity index (χ4n) is 1.72. The lowest BCUT2D eigenvalue weighted by atomic mass is 9.82. The summed E-state index contributed by atoms with van der Waals surface area (Å²) < 4.78 is 4.91. The smallest absolute Gasteiger partial charge is 0.309 e. The highest BCUT2D eigenvalue weighted by Crippen LogP contribution is 2.33. The zero-order valence-corrected chi connectivity index (χ0v) is 5.62. The summed E-state index contributed by atoms with van der Waals surface area (Å²) >= 11 is 0. The molecule has 56 valence electrons. The number of esters is 1. The van der Waals surface area contributed by atoms with E-state index in [1.807, 2.05) is 0 Å². The lowest BCUT2D eigenvalue weighted by Crippen LogP contribution is -2.46. The van der Waals surface area contributed by atoms with Crippen LogP contribution in [0.15, 0.2) is 0 Å². The molecular formula is C7H10O3. The van der Waals surface area contributed by atoms with Gasteiger partial charge in [-0.05, 0) is 19.3 Å². The summed E-state index contributed by atoms with van der Waals surface area (Å²) in [6.45, 7) is 0. The SMILES string of the molecule is O=C1O[C@H]2CCC1C[C@@H]2O. The lowest BCUT2D eigenvalue weighted by Gasteiger charge is -2.38. The number of ether oxygens (including phenoxy) is 1. The molecule has 3 rings (SSSR count). The van der Waals surface area contributed by atoms with E-state index in [0.717, 1.165) is 12.8 Å². The summed E-state index contributed by atoms with van der Waals surface area (Å²) in [5.41, 5.74) is 0. The molecule has 0 aromatic heterocycles. The predicted molar refractivity (Wildman–Crippen MR) is 33.2 cm³/mol. The highest BCUT2D eigenvalue weighted by molar-refractivity contribution is 5.74. The summed E-state index contributed by atoms with van der Waals surface area (Å²) in [6.07, 6.45) is 1.77. The van der Waals surface area contributed by atoms with E-state index in [0.29, 0.717) is 6.42 Å². The van der Waals surface area contributed by atoms with Gasteiger partial charge >= 0.3 is 5.97 Å². The maximum atomic E-state index is 10.9. The van der Waals surface area contributed by atoms with Gasteiger partial charge in [0, 0.05) is 0 Å². The highest BCUT2D eigenvalue weighted by atomic mass is 16.6. The number of carbonyl (C=O) groups is 1. The van der Waals surface area contributed by atoms with Crippen molar-refractivity contribution in [3.63, 3.8) is 0 Å². The molecule has 2 saturated heterocycles. The average molecular weight is 142 g/mol. The number of fused-ring (bicyclic) bond motifs is 3. The van der Waals surface area contributed by atoms with Gasteiger partial charge in [-0.15, -0.1) is 0 Å². The van der Waals surface area contributed by atoms with Crippen LogP contribution >= 0.6 is 0 Å². The normalized spacial score (nSPS) is 45.3.